The summed E-state index contributed by atoms with van der Waals surface area (Å²) in [4.78, 5) is 2.67. The Balaban J connectivity index is 2.87. The third-order valence-electron chi connectivity index (χ3n) is 3.75. The zero-order valence-corrected chi connectivity index (χ0v) is 14.5. The Labute approximate surface area is 133 Å². The Bertz CT molecular complexity index is 585. The molecule has 0 fully saturated rings. The molecule has 0 saturated carbocycles. The zero-order chi connectivity index (χ0) is 16.0. The molecule has 1 unspecified atom stereocenters. The number of thiocarbonyl (C=S) groups is 1. The Hall–Kier alpha value is -0.980. The normalized spacial score (nSPS) is 13.3. The average molecular weight is 329 g/mol. The maximum Gasteiger partial charge on any atom is 0.179 e. The van der Waals surface area contributed by atoms with Crippen LogP contribution in [-0.4, -0.2) is 43.2 Å². The van der Waals surface area contributed by atoms with E-state index in [0.717, 1.165) is 13.0 Å². The number of hydrogen-bond donors (Lipinski definition) is 1. The van der Waals surface area contributed by atoms with Crippen molar-refractivity contribution in [2.24, 2.45) is 5.73 Å². The Kier molecular flexibility index (Phi) is 6.77. The molecule has 0 bridgehead atoms. The molecule has 1 aromatic rings. The molecule has 6 heteroatoms. The lowest BCUT2D eigenvalue weighted by Crippen LogP contribution is -2.36. The summed E-state index contributed by atoms with van der Waals surface area (Å²) < 4.78 is 24.9. The van der Waals surface area contributed by atoms with Crippen molar-refractivity contribution in [3.63, 3.8) is 0 Å². The third kappa shape index (κ3) is 5.05. The van der Waals surface area contributed by atoms with Crippen LogP contribution < -0.4 is 5.73 Å². The minimum Gasteiger partial charge on any atom is -0.389 e. The van der Waals surface area contributed by atoms with Crippen molar-refractivity contribution < 1.29 is 8.42 Å². The molecule has 0 aliphatic carbocycles. The van der Waals surface area contributed by atoms with E-state index >= 15 is 0 Å². The summed E-state index contributed by atoms with van der Waals surface area (Å²) in [5.41, 5.74) is 6.14. The molecule has 0 heterocycles. The summed E-state index contributed by atoms with van der Waals surface area (Å²) in [5, 5.41) is 0. The van der Waals surface area contributed by atoms with Gasteiger partial charge in [0.2, 0.25) is 0 Å². The van der Waals surface area contributed by atoms with Crippen LogP contribution in [0.4, 0.5) is 0 Å². The van der Waals surface area contributed by atoms with E-state index in [1.165, 1.54) is 0 Å². The first-order valence-corrected chi connectivity index (χ1v) is 9.24. The van der Waals surface area contributed by atoms with Crippen LogP contribution in [-0.2, 0) is 9.84 Å². The third-order valence-corrected chi connectivity index (χ3v) is 5.67. The maximum absolute atomic E-state index is 12.4. The van der Waals surface area contributed by atoms with Gasteiger partial charge < -0.3 is 5.73 Å². The van der Waals surface area contributed by atoms with E-state index < -0.39 is 9.84 Å². The highest BCUT2D eigenvalue weighted by Crippen LogP contribution is 2.14. The van der Waals surface area contributed by atoms with Crippen molar-refractivity contribution in [2.45, 2.75) is 38.1 Å². The maximum atomic E-state index is 12.4. The quantitative estimate of drug-likeness (QED) is 0.741. The van der Waals surface area contributed by atoms with E-state index in [-0.39, 0.29) is 15.6 Å². The van der Waals surface area contributed by atoms with E-state index in [1.807, 2.05) is 6.92 Å². The molecule has 118 valence electrons. The number of hydrogen-bond acceptors (Lipinski definition) is 4. The van der Waals surface area contributed by atoms with Gasteiger partial charge in [-0.1, -0.05) is 38.2 Å². The van der Waals surface area contributed by atoms with Crippen molar-refractivity contribution in [2.75, 3.05) is 18.8 Å². The fraction of sp³-hybridized carbons (Fsp3) is 0.533. The van der Waals surface area contributed by atoms with Crippen LogP contribution in [0.3, 0.4) is 0 Å². The molecule has 1 aromatic carbocycles. The van der Waals surface area contributed by atoms with E-state index in [1.54, 1.807) is 24.3 Å². The van der Waals surface area contributed by atoms with Crippen molar-refractivity contribution in [3.8, 4) is 0 Å². The molecule has 0 aliphatic heterocycles. The van der Waals surface area contributed by atoms with E-state index in [9.17, 15) is 8.42 Å². The average Bonchev–Trinajstić information content (AvgIpc) is 2.47. The summed E-state index contributed by atoms with van der Waals surface area (Å²) in [6.07, 6.45) is 1.00. The van der Waals surface area contributed by atoms with Gasteiger partial charge in [0.1, 0.15) is 4.99 Å². The first kappa shape index (κ1) is 18.1. The van der Waals surface area contributed by atoms with Crippen LogP contribution in [0.15, 0.2) is 29.2 Å². The number of nitrogens with two attached hydrogens (primary N) is 1. The van der Waals surface area contributed by atoms with Gasteiger partial charge in [-0.2, -0.15) is 0 Å². The topological polar surface area (TPSA) is 63.4 Å². The molecule has 0 spiro atoms. The van der Waals surface area contributed by atoms with Gasteiger partial charge >= 0.3 is 0 Å². The Morgan fingerprint density at radius 2 is 2.05 bits per heavy atom. The van der Waals surface area contributed by atoms with Gasteiger partial charge in [0.15, 0.2) is 9.84 Å². The molecule has 4 nitrogen and oxygen atoms in total. The molecule has 21 heavy (non-hydrogen) atoms. The second kappa shape index (κ2) is 7.87. The Morgan fingerprint density at radius 1 is 1.38 bits per heavy atom. The van der Waals surface area contributed by atoms with Gasteiger partial charge in [0.05, 0.1) is 10.6 Å². The molecular formula is C15H24N2O2S2. The van der Waals surface area contributed by atoms with Crippen LogP contribution in [0.5, 0.6) is 0 Å². The van der Waals surface area contributed by atoms with Crippen molar-refractivity contribution in [3.05, 3.63) is 29.8 Å². The summed E-state index contributed by atoms with van der Waals surface area (Å²) in [6, 6.07) is 6.92. The number of sulfone groups is 1. The largest absolute Gasteiger partial charge is 0.389 e. The minimum atomic E-state index is -3.32. The molecule has 0 amide bonds. The standard InChI is InChI=1S/C15H24N2O2S2/c1-4-12(3)17(5-2)9-10-21(18,19)14-8-6-7-13(11-14)15(16)20/h6-8,11-12H,4-5,9-10H2,1-3H3,(H2,16,20). The van der Waals surface area contributed by atoms with Crippen LogP contribution in [0.25, 0.3) is 0 Å². The van der Waals surface area contributed by atoms with E-state index in [2.05, 4.69) is 18.7 Å². The first-order chi connectivity index (χ1) is 9.81. The van der Waals surface area contributed by atoms with Gasteiger partial charge in [-0.3, -0.25) is 4.90 Å². The molecule has 0 aromatic heterocycles. The summed E-state index contributed by atoms with van der Waals surface area (Å²) >= 11 is 4.89. The second-order valence-corrected chi connectivity index (χ2v) is 7.65. The Morgan fingerprint density at radius 3 is 2.57 bits per heavy atom. The minimum absolute atomic E-state index is 0.103. The highest BCUT2D eigenvalue weighted by molar-refractivity contribution is 7.91. The highest BCUT2D eigenvalue weighted by Gasteiger charge is 2.18. The van der Waals surface area contributed by atoms with Crippen LogP contribution >= 0.6 is 12.2 Å². The molecular weight excluding hydrogens is 304 g/mol. The van der Waals surface area contributed by atoms with Gasteiger partial charge in [0.25, 0.3) is 0 Å². The van der Waals surface area contributed by atoms with Gasteiger partial charge in [-0.25, -0.2) is 8.42 Å². The van der Waals surface area contributed by atoms with Gasteiger partial charge in [-0.15, -0.1) is 0 Å². The summed E-state index contributed by atoms with van der Waals surface area (Å²) in [5.74, 6) is 0.103. The number of rotatable bonds is 8. The predicted octanol–water partition coefficient (Wildman–Crippen LogP) is 2.21. The van der Waals surface area contributed by atoms with Crippen LogP contribution in [0.1, 0.15) is 32.8 Å². The molecule has 0 saturated heterocycles. The lowest BCUT2D eigenvalue weighted by Gasteiger charge is -2.26. The summed E-state index contributed by atoms with van der Waals surface area (Å²) in [7, 11) is -3.32. The molecule has 2 N–H and O–H groups in total. The number of nitrogens with zero attached hydrogens (tertiary/aromatic N) is 1. The van der Waals surface area contributed by atoms with E-state index in [4.69, 9.17) is 18.0 Å². The molecule has 1 atom stereocenters. The highest BCUT2D eigenvalue weighted by atomic mass is 32.2. The molecule has 0 aliphatic rings. The second-order valence-electron chi connectivity index (χ2n) is 5.10. The lowest BCUT2D eigenvalue weighted by atomic mass is 10.2. The molecule has 1 rings (SSSR count). The monoisotopic (exact) mass is 328 g/mol. The van der Waals surface area contributed by atoms with Crippen molar-refractivity contribution in [1.29, 1.82) is 0 Å². The lowest BCUT2D eigenvalue weighted by molar-refractivity contribution is 0.227. The van der Waals surface area contributed by atoms with Crippen LogP contribution in [0, 0.1) is 0 Å². The van der Waals surface area contributed by atoms with Crippen LogP contribution in [0.2, 0.25) is 0 Å². The van der Waals surface area contributed by atoms with E-state index in [0.29, 0.717) is 18.2 Å². The van der Waals surface area contributed by atoms with Gasteiger partial charge in [-0.05, 0) is 32.0 Å². The SMILES string of the molecule is CCC(C)N(CC)CCS(=O)(=O)c1cccc(C(N)=S)c1. The molecule has 0 radical (unpaired) electrons. The van der Waals surface area contributed by atoms with Crippen molar-refractivity contribution in [1.82, 2.24) is 4.90 Å². The summed E-state index contributed by atoms with van der Waals surface area (Å²) in [6.45, 7) is 7.64. The number of benzene rings is 1. The predicted molar refractivity (Wildman–Crippen MR) is 91.4 cm³/mol. The van der Waals surface area contributed by atoms with Crippen molar-refractivity contribution >= 4 is 27.0 Å². The fourth-order valence-electron chi connectivity index (χ4n) is 2.15. The first-order valence-electron chi connectivity index (χ1n) is 7.18. The zero-order valence-electron chi connectivity index (χ0n) is 12.9. The fourth-order valence-corrected chi connectivity index (χ4v) is 3.58. The smallest absolute Gasteiger partial charge is 0.179 e. The van der Waals surface area contributed by atoms with Gasteiger partial charge in [0, 0.05) is 18.2 Å².